The van der Waals surface area contributed by atoms with Gasteiger partial charge in [-0.3, -0.25) is 43.3 Å². The number of nitrogens with two attached hydrogens (primary N) is 1. The number of amides is 10. The van der Waals surface area contributed by atoms with Gasteiger partial charge in [0.1, 0.15) is 12.6 Å². The number of imide groups is 1. The van der Waals surface area contributed by atoms with Gasteiger partial charge in [-0.05, 0) is 42.8 Å². The molecule has 0 radical (unpaired) electrons. The van der Waals surface area contributed by atoms with E-state index in [-0.39, 0.29) is 68.4 Å². The number of fused-ring (bicyclic) bond motifs is 1. The number of nitrogens with one attached hydrogen (secondary N) is 7. The van der Waals surface area contributed by atoms with Crippen LogP contribution in [-0.4, -0.2) is 148 Å². The Hall–Kier alpha value is -5.77. The van der Waals surface area contributed by atoms with Crippen molar-refractivity contribution in [1.82, 2.24) is 46.6 Å². The second-order valence-electron chi connectivity index (χ2n) is 14.0. The van der Waals surface area contributed by atoms with Crippen LogP contribution in [0.5, 0.6) is 0 Å². The average molecular weight is 842 g/mol. The van der Waals surface area contributed by atoms with Crippen molar-refractivity contribution in [3.05, 3.63) is 42.0 Å². The molecule has 4 aliphatic rings. The minimum atomic E-state index is -1.18. The Labute approximate surface area is 343 Å². The third-order valence-corrected chi connectivity index (χ3v) is 11.6. The van der Waals surface area contributed by atoms with E-state index in [2.05, 4.69) is 37.2 Å². The average Bonchev–Trinajstić information content (AvgIpc) is 3.86. The SMILES string of the molecule is NC(=O)C[C@H](NC(=S)Nc1ccc(CNC(=O)CCCC[C@@H]2SC[C@@H]3NC(=O)N[C@@H]32)cc1)C(=O)NCC(=O)N1CCN(C(=O)CNC(=O)CN2C(=O)C=CC2=O)CC1. The molecule has 1 aromatic carbocycles. The first-order valence-electron chi connectivity index (χ1n) is 18.8. The van der Waals surface area contributed by atoms with Crippen LogP contribution in [0.15, 0.2) is 36.4 Å². The number of hydrogen-bond donors (Lipinski definition) is 8. The first-order valence-corrected chi connectivity index (χ1v) is 20.2. The molecule has 4 atom stereocenters. The molecule has 10 amide bonds. The van der Waals surface area contributed by atoms with Gasteiger partial charge in [-0.2, -0.15) is 11.8 Å². The topological polar surface area (TPSA) is 274 Å². The number of carbonyl (C=O) groups is 9. The summed E-state index contributed by atoms with van der Waals surface area (Å²) in [6.45, 7) is -0.232. The fraction of sp³-hybridized carbons (Fsp3) is 0.500. The lowest BCUT2D eigenvalue weighted by Crippen LogP contribution is -2.55. The molecule has 312 valence electrons. The number of rotatable bonds is 18. The van der Waals surface area contributed by atoms with E-state index in [1.165, 1.54) is 9.80 Å². The zero-order valence-electron chi connectivity index (χ0n) is 31.6. The van der Waals surface area contributed by atoms with Gasteiger partial charge in [-0.25, -0.2) is 4.79 Å². The first kappa shape index (κ1) is 43.4. The molecule has 0 aliphatic carbocycles. The number of thioether (sulfide) groups is 1. The molecule has 0 saturated carbocycles. The lowest BCUT2D eigenvalue weighted by molar-refractivity contribution is -0.142. The molecule has 5 rings (SSSR count). The van der Waals surface area contributed by atoms with Gasteiger partial charge in [-0.15, -0.1) is 0 Å². The number of anilines is 1. The van der Waals surface area contributed by atoms with Crippen molar-refractivity contribution in [2.24, 2.45) is 5.73 Å². The van der Waals surface area contributed by atoms with Crippen molar-refractivity contribution < 1.29 is 43.2 Å². The predicted molar refractivity (Wildman–Crippen MR) is 214 cm³/mol. The molecule has 4 heterocycles. The molecule has 3 fully saturated rings. The Morgan fingerprint density at radius 3 is 2.12 bits per heavy atom. The van der Waals surface area contributed by atoms with Gasteiger partial charge in [0.05, 0.1) is 31.6 Å². The Morgan fingerprint density at radius 1 is 0.845 bits per heavy atom. The van der Waals surface area contributed by atoms with Crippen LogP contribution in [0.4, 0.5) is 10.5 Å². The monoisotopic (exact) mass is 841 g/mol. The highest BCUT2D eigenvalue weighted by Gasteiger charge is 2.42. The summed E-state index contributed by atoms with van der Waals surface area (Å²) in [6.07, 6.45) is 4.69. The van der Waals surface area contributed by atoms with Crippen LogP contribution < -0.4 is 43.0 Å². The minimum Gasteiger partial charge on any atom is -0.370 e. The largest absolute Gasteiger partial charge is 0.370 e. The van der Waals surface area contributed by atoms with Crippen LogP contribution >= 0.6 is 24.0 Å². The molecule has 9 N–H and O–H groups in total. The Balaban J connectivity index is 0.955. The molecule has 22 heteroatoms. The van der Waals surface area contributed by atoms with Gasteiger partial charge in [0.15, 0.2) is 5.11 Å². The van der Waals surface area contributed by atoms with Crippen molar-refractivity contribution in [2.45, 2.75) is 62.0 Å². The molecule has 0 bridgehead atoms. The standard InChI is InChI=1S/C36H47N11O9S2/c37-26(48)15-23(34(55)40-18-32(54)46-13-11-45(12-14-46)31(53)17-39-28(50)19-47-29(51)9-10-30(47)52)43-36(57)41-22-7-5-21(6-8-22)16-38-27(49)4-2-1-3-25-33-24(20-58-25)42-35(56)44-33/h5-10,23-25,33H,1-4,11-20H2,(H2,37,48)(H,38,49)(H,39,50)(H,40,55)(H2,41,43,57)(H2,42,44,56)/t23-,24-,25-,33-/m0/s1. The van der Waals surface area contributed by atoms with Crippen molar-refractivity contribution >= 4 is 88.1 Å². The number of piperazine rings is 1. The van der Waals surface area contributed by atoms with Crippen molar-refractivity contribution in [3.8, 4) is 0 Å². The number of primary amides is 1. The van der Waals surface area contributed by atoms with E-state index in [1.54, 1.807) is 24.3 Å². The number of unbranched alkanes of at least 4 members (excludes halogenated alkanes) is 1. The van der Waals surface area contributed by atoms with E-state index in [9.17, 15) is 43.2 Å². The zero-order valence-corrected chi connectivity index (χ0v) is 33.2. The quantitative estimate of drug-likeness (QED) is 0.0326. The highest BCUT2D eigenvalue weighted by atomic mass is 32.2. The number of nitrogens with zero attached hydrogens (tertiary/aromatic N) is 3. The van der Waals surface area contributed by atoms with Gasteiger partial charge in [-0.1, -0.05) is 18.6 Å². The number of thiocarbonyl (C=S) groups is 1. The summed E-state index contributed by atoms with van der Waals surface area (Å²) in [5.41, 5.74) is 6.81. The fourth-order valence-corrected chi connectivity index (χ4v) is 8.48. The summed E-state index contributed by atoms with van der Waals surface area (Å²) >= 11 is 7.22. The fourth-order valence-electron chi connectivity index (χ4n) is 6.68. The molecule has 58 heavy (non-hydrogen) atoms. The maximum absolute atomic E-state index is 13.0. The van der Waals surface area contributed by atoms with E-state index in [0.717, 1.165) is 47.6 Å². The van der Waals surface area contributed by atoms with Crippen molar-refractivity contribution in [2.75, 3.05) is 56.9 Å². The summed E-state index contributed by atoms with van der Waals surface area (Å²) in [4.78, 5) is 113. The minimum absolute atomic E-state index is 0.0267. The smallest absolute Gasteiger partial charge is 0.315 e. The van der Waals surface area contributed by atoms with Crippen LogP contribution in [-0.2, 0) is 44.9 Å². The second kappa shape index (κ2) is 20.6. The molecule has 4 aliphatic heterocycles. The second-order valence-corrected chi connectivity index (χ2v) is 15.7. The van der Waals surface area contributed by atoms with Crippen LogP contribution in [0.1, 0.15) is 37.7 Å². The third kappa shape index (κ3) is 12.6. The summed E-state index contributed by atoms with van der Waals surface area (Å²) in [6, 6.07) is 6.14. The molecular weight excluding hydrogens is 795 g/mol. The van der Waals surface area contributed by atoms with E-state index in [0.29, 0.717) is 23.9 Å². The molecule has 0 unspecified atom stereocenters. The summed E-state index contributed by atoms with van der Waals surface area (Å²) in [5, 5.41) is 19.8. The summed E-state index contributed by atoms with van der Waals surface area (Å²) < 4.78 is 0. The number of carbonyl (C=O) groups excluding carboxylic acids is 9. The highest BCUT2D eigenvalue weighted by molar-refractivity contribution is 8.00. The van der Waals surface area contributed by atoms with Gasteiger partial charge in [0.2, 0.25) is 35.4 Å². The van der Waals surface area contributed by atoms with E-state index >= 15 is 0 Å². The summed E-state index contributed by atoms with van der Waals surface area (Å²) in [7, 11) is 0. The molecule has 20 nitrogen and oxygen atoms in total. The maximum atomic E-state index is 13.0. The Morgan fingerprint density at radius 2 is 1.48 bits per heavy atom. The predicted octanol–water partition coefficient (Wildman–Crippen LogP) is -2.61. The third-order valence-electron chi connectivity index (χ3n) is 9.85. The van der Waals surface area contributed by atoms with Gasteiger partial charge in [0.25, 0.3) is 11.8 Å². The van der Waals surface area contributed by atoms with E-state index in [1.807, 2.05) is 11.8 Å². The highest BCUT2D eigenvalue weighted by Crippen LogP contribution is 2.33. The first-order chi connectivity index (χ1) is 27.7. The molecule has 0 aromatic heterocycles. The lowest BCUT2D eigenvalue weighted by atomic mass is 10.0. The lowest BCUT2D eigenvalue weighted by Gasteiger charge is -2.35. The van der Waals surface area contributed by atoms with Crippen LogP contribution in [0.2, 0.25) is 0 Å². The maximum Gasteiger partial charge on any atom is 0.315 e. The van der Waals surface area contributed by atoms with Crippen LogP contribution in [0.25, 0.3) is 0 Å². The number of urea groups is 1. The van der Waals surface area contributed by atoms with E-state index in [4.69, 9.17) is 18.0 Å². The zero-order chi connectivity index (χ0) is 41.8. The summed E-state index contributed by atoms with van der Waals surface area (Å²) in [5.74, 6) is -3.34. The number of hydrogen-bond acceptors (Lipinski definition) is 11. The van der Waals surface area contributed by atoms with Gasteiger partial charge < -0.3 is 52.8 Å². The molecule has 1 aromatic rings. The van der Waals surface area contributed by atoms with Crippen molar-refractivity contribution in [1.29, 1.82) is 0 Å². The van der Waals surface area contributed by atoms with Crippen molar-refractivity contribution in [3.63, 3.8) is 0 Å². The van der Waals surface area contributed by atoms with Crippen LogP contribution in [0.3, 0.4) is 0 Å². The van der Waals surface area contributed by atoms with Crippen LogP contribution in [0, 0.1) is 0 Å². The molecule has 3 saturated heterocycles. The Kier molecular flexibility index (Phi) is 15.4. The van der Waals surface area contributed by atoms with E-state index < -0.39 is 60.4 Å². The Bertz CT molecular complexity index is 1800. The normalized spacial score (nSPS) is 20.1. The van der Waals surface area contributed by atoms with Gasteiger partial charge >= 0.3 is 6.03 Å². The molecule has 0 spiro atoms. The molecular formula is C36H47N11O9S2. The van der Waals surface area contributed by atoms with Gasteiger partial charge in [0, 0.05) is 68.0 Å². The number of benzene rings is 1.